The van der Waals surface area contributed by atoms with Crippen molar-refractivity contribution in [1.82, 2.24) is 0 Å². The summed E-state index contributed by atoms with van der Waals surface area (Å²) >= 11 is 0. The van der Waals surface area contributed by atoms with Crippen LogP contribution in [-0.2, 0) is 24.8 Å². The van der Waals surface area contributed by atoms with Crippen LogP contribution in [0.2, 0.25) is 0 Å². The first-order valence-corrected chi connectivity index (χ1v) is 11.2. The lowest BCUT2D eigenvalue weighted by Crippen LogP contribution is -2.29. The van der Waals surface area contributed by atoms with Gasteiger partial charge in [-0.2, -0.15) is 0 Å². The molecule has 2 aromatic carbocycles. The SMILES string of the molecule is CCOc1ccc(N2C(=O)CCS2(=O)=O)cc1S(=O)(=O)Nc1ccccc1. The van der Waals surface area contributed by atoms with Crippen LogP contribution < -0.4 is 13.8 Å². The van der Waals surface area contributed by atoms with Crippen molar-refractivity contribution in [2.24, 2.45) is 0 Å². The molecule has 1 N–H and O–H groups in total. The molecule has 0 unspecified atom stereocenters. The Bertz CT molecular complexity index is 1070. The summed E-state index contributed by atoms with van der Waals surface area (Å²) in [5.41, 5.74) is 0.310. The number of hydrogen-bond donors (Lipinski definition) is 1. The number of nitrogens with one attached hydrogen (secondary N) is 1. The molecule has 0 radical (unpaired) electrons. The Morgan fingerprint density at radius 2 is 1.85 bits per heavy atom. The number of hydrogen-bond acceptors (Lipinski definition) is 6. The highest BCUT2D eigenvalue weighted by molar-refractivity contribution is 7.94. The summed E-state index contributed by atoms with van der Waals surface area (Å²) < 4.78 is 58.5. The van der Waals surface area contributed by atoms with Gasteiger partial charge < -0.3 is 4.74 Å². The Hall–Kier alpha value is -2.59. The van der Waals surface area contributed by atoms with Crippen molar-refractivity contribution in [1.29, 1.82) is 0 Å². The van der Waals surface area contributed by atoms with Gasteiger partial charge in [-0.25, -0.2) is 21.1 Å². The molecule has 0 aliphatic carbocycles. The van der Waals surface area contributed by atoms with E-state index in [9.17, 15) is 21.6 Å². The van der Waals surface area contributed by atoms with E-state index in [0.717, 1.165) is 6.07 Å². The van der Waals surface area contributed by atoms with Crippen molar-refractivity contribution in [2.75, 3.05) is 21.4 Å². The fourth-order valence-corrected chi connectivity index (χ4v) is 5.37. The van der Waals surface area contributed by atoms with Crippen molar-refractivity contribution in [3.05, 3.63) is 48.5 Å². The minimum Gasteiger partial charge on any atom is -0.492 e. The highest BCUT2D eigenvalue weighted by Gasteiger charge is 2.37. The van der Waals surface area contributed by atoms with Gasteiger partial charge >= 0.3 is 0 Å². The number of sulfonamides is 2. The molecule has 3 rings (SSSR count). The number of rotatable bonds is 6. The van der Waals surface area contributed by atoms with Gasteiger partial charge in [0, 0.05) is 12.1 Å². The van der Waals surface area contributed by atoms with Crippen molar-refractivity contribution in [3.8, 4) is 5.75 Å². The van der Waals surface area contributed by atoms with Crippen LogP contribution in [0.3, 0.4) is 0 Å². The molecule has 8 nitrogen and oxygen atoms in total. The summed E-state index contributed by atoms with van der Waals surface area (Å²) in [6.07, 6.45) is -0.139. The first-order valence-electron chi connectivity index (χ1n) is 8.15. The highest BCUT2D eigenvalue weighted by Crippen LogP contribution is 2.33. The fourth-order valence-electron chi connectivity index (χ4n) is 2.69. The normalized spacial score (nSPS) is 16.3. The Morgan fingerprint density at radius 1 is 1.15 bits per heavy atom. The Labute approximate surface area is 157 Å². The molecule has 27 heavy (non-hydrogen) atoms. The third-order valence-corrected chi connectivity index (χ3v) is 6.95. The van der Waals surface area contributed by atoms with Crippen molar-refractivity contribution >= 4 is 37.3 Å². The zero-order chi connectivity index (χ0) is 19.7. The predicted molar refractivity (Wildman–Crippen MR) is 101 cm³/mol. The fraction of sp³-hybridized carbons (Fsp3) is 0.235. The van der Waals surface area contributed by atoms with Crippen LogP contribution in [-0.4, -0.2) is 35.1 Å². The Kier molecular flexibility index (Phi) is 5.11. The van der Waals surface area contributed by atoms with Gasteiger partial charge in [-0.1, -0.05) is 18.2 Å². The molecule has 1 fully saturated rings. The second-order valence-corrected chi connectivity index (χ2v) is 9.35. The van der Waals surface area contributed by atoms with Gasteiger partial charge in [0.25, 0.3) is 10.0 Å². The first kappa shape index (κ1) is 19.2. The predicted octanol–water partition coefficient (Wildman–Crippen LogP) is 1.95. The summed E-state index contributed by atoms with van der Waals surface area (Å²) in [6.45, 7) is 1.91. The third-order valence-electron chi connectivity index (χ3n) is 3.86. The minimum atomic E-state index is -4.08. The molecule has 10 heteroatoms. The molecule has 0 aromatic heterocycles. The zero-order valence-corrected chi connectivity index (χ0v) is 16.1. The van der Waals surface area contributed by atoms with E-state index in [1.54, 1.807) is 37.3 Å². The molecule has 1 aliphatic rings. The quantitative estimate of drug-likeness (QED) is 0.779. The van der Waals surface area contributed by atoms with E-state index in [1.165, 1.54) is 12.1 Å². The number of carbonyl (C=O) groups excluding carboxylic acids is 1. The summed E-state index contributed by atoms with van der Waals surface area (Å²) in [4.78, 5) is 11.8. The van der Waals surface area contributed by atoms with E-state index in [2.05, 4.69) is 4.72 Å². The van der Waals surface area contributed by atoms with Gasteiger partial charge in [-0.15, -0.1) is 0 Å². The number of ether oxygens (including phenoxy) is 1. The standard InChI is InChI=1S/C17H18N2O6S2/c1-2-25-15-9-8-14(19-17(20)10-11-26(19,21)22)12-16(15)27(23,24)18-13-6-4-3-5-7-13/h3-9,12,18H,2,10-11H2,1H3. The molecule has 1 aliphatic heterocycles. The molecule has 1 saturated heterocycles. The van der Waals surface area contributed by atoms with Crippen LogP contribution >= 0.6 is 0 Å². The van der Waals surface area contributed by atoms with Gasteiger partial charge in [-0.3, -0.25) is 9.52 Å². The molecule has 1 heterocycles. The topological polar surface area (TPSA) is 110 Å². The molecular formula is C17H18N2O6S2. The zero-order valence-electron chi connectivity index (χ0n) is 14.5. The van der Waals surface area contributed by atoms with Gasteiger partial charge in [0.1, 0.15) is 10.6 Å². The average Bonchev–Trinajstić information content (AvgIpc) is 2.89. The Morgan fingerprint density at radius 3 is 2.44 bits per heavy atom. The summed E-state index contributed by atoms with van der Waals surface area (Å²) in [6, 6.07) is 12.1. The van der Waals surface area contributed by atoms with E-state index in [0.29, 0.717) is 9.99 Å². The number of amides is 1. The van der Waals surface area contributed by atoms with Crippen LogP contribution in [0.4, 0.5) is 11.4 Å². The number of benzene rings is 2. The average molecular weight is 410 g/mol. The second kappa shape index (κ2) is 7.20. The highest BCUT2D eigenvalue weighted by atomic mass is 32.2. The van der Waals surface area contributed by atoms with E-state index in [-0.39, 0.29) is 35.1 Å². The number of anilines is 2. The van der Waals surface area contributed by atoms with Gasteiger partial charge in [0.15, 0.2) is 0 Å². The maximum atomic E-state index is 12.9. The number of para-hydroxylation sites is 1. The molecule has 1 amide bonds. The molecule has 0 spiro atoms. The lowest BCUT2D eigenvalue weighted by atomic mass is 10.3. The smallest absolute Gasteiger partial charge is 0.265 e. The first-order chi connectivity index (χ1) is 12.7. The van der Waals surface area contributed by atoms with Crippen molar-refractivity contribution in [2.45, 2.75) is 18.2 Å². The van der Waals surface area contributed by atoms with Crippen molar-refractivity contribution in [3.63, 3.8) is 0 Å². The van der Waals surface area contributed by atoms with Gasteiger partial charge in [0.05, 0.1) is 18.0 Å². The molecule has 2 aromatic rings. The second-order valence-electron chi connectivity index (χ2n) is 5.76. The molecular weight excluding hydrogens is 392 g/mol. The Balaban J connectivity index is 2.08. The molecule has 0 saturated carbocycles. The van der Waals surface area contributed by atoms with E-state index in [1.807, 2.05) is 0 Å². The monoisotopic (exact) mass is 410 g/mol. The molecule has 144 valence electrons. The van der Waals surface area contributed by atoms with Gasteiger partial charge in [-0.05, 0) is 37.3 Å². The lowest BCUT2D eigenvalue weighted by molar-refractivity contribution is -0.116. The largest absolute Gasteiger partial charge is 0.492 e. The maximum absolute atomic E-state index is 12.9. The summed E-state index contributed by atoms with van der Waals surface area (Å²) in [5, 5.41) is 0. The maximum Gasteiger partial charge on any atom is 0.265 e. The number of carbonyl (C=O) groups is 1. The summed E-state index contributed by atoms with van der Waals surface area (Å²) in [5.74, 6) is -0.837. The lowest BCUT2D eigenvalue weighted by Gasteiger charge is -2.18. The minimum absolute atomic E-state index is 0.0330. The van der Waals surface area contributed by atoms with Crippen molar-refractivity contribution < 1.29 is 26.4 Å². The van der Waals surface area contributed by atoms with Crippen LogP contribution in [0.1, 0.15) is 13.3 Å². The summed E-state index contributed by atoms with van der Waals surface area (Å²) in [7, 11) is -7.89. The van der Waals surface area contributed by atoms with Crippen LogP contribution in [0.15, 0.2) is 53.4 Å². The third kappa shape index (κ3) is 3.91. The van der Waals surface area contributed by atoms with Crippen LogP contribution in [0, 0.1) is 0 Å². The van der Waals surface area contributed by atoms with Gasteiger partial charge in [0.2, 0.25) is 15.9 Å². The van der Waals surface area contributed by atoms with E-state index < -0.39 is 26.0 Å². The van der Waals surface area contributed by atoms with Crippen LogP contribution in [0.5, 0.6) is 5.75 Å². The molecule has 0 bridgehead atoms. The van der Waals surface area contributed by atoms with Crippen LogP contribution in [0.25, 0.3) is 0 Å². The van der Waals surface area contributed by atoms with E-state index >= 15 is 0 Å². The van der Waals surface area contributed by atoms with E-state index in [4.69, 9.17) is 4.74 Å². The number of nitrogens with zero attached hydrogens (tertiary/aromatic N) is 1. The molecule has 0 atom stereocenters.